The minimum atomic E-state index is -0.619. The summed E-state index contributed by atoms with van der Waals surface area (Å²) in [6, 6.07) is 27.3. The van der Waals surface area contributed by atoms with E-state index in [4.69, 9.17) is 22.1 Å². The van der Waals surface area contributed by atoms with Gasteiger partial charge in [0.2, 0.25) is 0 Å². The predicted molar refractivity (Wildman–Crippen MR) is 139 cm³/mol. The number of ether oxygens (including phenoxy) is 1. The maximum atomic E-state index is 14.1. The molecule has 2 N–H and O–H groups in total. The highest BCUT2D eigenvalue weighted by atomic mass is 35.5. The zero-order valence-corrected chi connectivity index (χ0v) is 20.0. The molecule has 0 radical (unpaired) electrons. The summed E-state index contributed by atoms with van der Waals surface area (Å²) < 4.78 is 5.33. The van der Waals surface area contributed by atoms with Gasteiger partial charge >= 0.3 is 0 Å². The smallest absolute Gasteiger partial charge is 0.260 e. The number of carbonyl (C=O) groups is 1. The highest BCUT2D eigenvalue weighted by Gasteiger charge is 2.44. The number of nitrogens with two attached hydrogens (primary N) is 1. The van der Waals surface area contributed by atoms with E-state index in [9.17, 15) is 15.3 Å². The van der Waals surface area contributed by atoms with Crippen LogP contribution in [0.25, 0.3) is 11.1 Å². The lowest BCUT2D eigenvalue weighted by Crippen LogP contribution is -2.28. The summed E-state index contributed by atoms with van der Waals surface area (Å²) in [5, 5.41) is 20.7. The van der Waals surface area contributed by atoms with Gasteiger partial charge in [0.25, 0.3) is 5.91 Å². The van der Waals surface area contributed by atoms with Gasteiger partial charge in [0.05, 0.1) is 35.5 Å². The summed E-state index contributed by atoms with van der Waals surface area (Å²) in [4.78, 5) is 15.7. The standard InChI is InChI=1S/C29H19ClN4O2/c1-36-21-13-9-18(10-14-21)28-26-24(17-7-11-19(30)12-8-17)22(15-31)27(33)23(16-32)25(26)29(35)34(28)20-5-3-2-4-6-20/h2-14,28H,33H2,1H3. The lowest BCUT2D eigenvalue weighted by Gasteiger charge is -2.27. The molecule has 1 atom stereocenters. The number of nitrogen functional groups attached to an aromatic ring is 1. The van der Waals surface area contributed by atoms with Crippen LogP contribution in [-0.4, -0.2) is 13.0 Å². The predicted octanol–water partition coefficient (Wildman–Crippen LogP) is 6.09. The Balaban J connectivity index is 1.91. The lowest BCUT2D eigenvalue weighted by molar-refractivity contribution is 0.0993. The number of halogens is 1. The molecule has 1 heterocycles. The van der Waals surface area contributed by atoms with E-state index < -0.39 is 6.04 Å². The van der Waals surface area contributed by atoms with Gasteiger partial charge in [0, 0.05) is 21.8 Å². The SMILES string of the molecule is COc1ccc(C2c3c(c(C#N)c(N)c(C#N)c3-c3ccc(Cl)cc3)C(=O)N2c2ccccc2)cc1. The molecule has 1 aliphatic heterocycles. The molecule has 0 saturated heterocycles. The van der Waals surface area contributed by atoms with Crippen molar-refractivity contribution in [2.24, 2.45) is 0 Å². The first-order valence-electron chi connectivity index (χ1n) is 11.1. The Hall–Kier alpha value is -4.78. The Labute approximate surface area is 213 Å². The highest BCUT2D eigenvalue weighted by molar-refractivity contribution is 6.30. The molecule has 0 saturated carbocycles. The molecule has 7 heteroatoms. The van der Waals surface area contributed by atoms with Crippen molar-refractivity contribution >= 4 is 28.9 Å². The van der Waals surface area contributed by atoms with Gasteiger partial charge in [-0.05, 0) is 47.5 Å². The van der Waals surface area contributed by atoms with Gasteiger partial charge < -0.3 is 10.5 Å². The Kier molecular flexibility index (Phi) is 5.82. The monoisotopic (exact) mass is 490 g/mol. The molecule has 4 aromatic carbocycles. The van der Waals surface area contributed by atoms with E-state index in [1.807, 2.05) is 54.6 Å². The van der Waals surface area contributed by atoms with Gasteiger partial charge in [0.1, 0.15) is 17.9 Å². The van der Waals surface area contributed by atoms with Crippen LogP contribution in [0.1, 0.15) is 38.7 Å². The molecular formula is C29H19ClN4O2. The molecule has 174 valence electrons. The molecule has 0 bridgehead atoms. The molecular weight excluding hydrogens is 472 g/mol. The first-order valence-corrected chi connectivity index (χ1v) is 11.5. The van der Waals surface area contributed by atoms with E-state index in [-0.39, 0.29) is 28.3 Å². The number of amides is 1. The van der Waals surface area contributed by atoms with Crippen LogP contribution in [0.4, 0.5) is 11.4 Å². The summed E-state index contributed by atoms with van der Waals surface area (Å²) in [6.07, 6.45) is 0. The van der Waals surface area contributed by atoms with Crippen LogP contribution in [0.5, 0.6) is 5.75 Å². The van der Waals surface area contributed by atoms with Crippen LogP contribution in [-0.2, 0) is 0 Å². The van der Waals surface area contributed by atoms with E-state index in [0.29, 0.717) is 33.1 Å². The number of rotatable bonds is 4. The normalized spacial score (nSPS) is 14.2. The van der Waals surface area contributed by atoms with Crippen LogP contribution < -0.4 is 15.4 Å². The third-order valence-corrected chi connectivity index (χ3v) is 6.62. The third-order valence-electron chi connectivity index (χ3n) is 6.36. The fourth-order valence-electron chi connectivity index (χ4n) is 4.76. The van der Waals surface area contributed by atoms with E-state index in [1.54, 1.807) is 36.3 Å². The molecule has 0 aromatic heterocycles. The molecule has 0 spiro atoms. The highest BCUT2D eigenvalue weighted by Crippen LogP contribution is 2.50. The lowest BCUT2D eigenvalue weighted by atomic mass is 9.83. The van der Waals surface area contributed by atoms with E-state index in [0.717, 1.165) is 5.56 Å². The Morgan fingerprint density at radius 3 is 2.08 bits per heavy atom. The number of fused-ring (bicyclic) bond motifs is 1. The van der Waals surface area contributed by atoms with E-state index in [1.165, 1.54) is 0 Å². The van der Waals surface area contributed by atoms with Crippen LogP contribution >= 0.6 is 11.6 Å². The maximum Gasteiger partial charge on any atom is 0.260 e. The fourth-order valence-corrected chi connectivity index (χ4v) is 4.88. The van der Waals surface area contributed by atoms with Crippen LogP contribution in [0.15, 0.2) is 78.9 Å². The molecule has 4 aromatic rings. The van der Waals surface area contributed by atoms with Crippen molar-refractivity contribution in [2.45, 2.75) is 6.04 Å². The zero-order chi connectivity index (χ0) is 25.4. The topological polar surface area (TPSA) is 103 Å². The summed E-state index contributed by atoms with van der Waals surface area (Å²) in [5.41, 5.74) is 9.87. The first kappa shape index (κ1) is 23.0. The second kappa shape index (κ2) is 9.11. The summed E-state index contributed by atoms with van der Waals surface area (Å²) in [5.74, 6) is 0.306. The van der Waals surface area contributed by atoms with Gasteiger partial charge in [-0.15, -0.1) is 0 Å². The van der Waals surface area contributed by atoms with Crippen LogP contribution in [0.2, 0.25) is 5.02 Å². The zero-order valence-electron chi connectivity index (χ0n) is 19.2. The number of methoxy groups -OCH3 is 1. The maximum absolute atomic E-state index is 14.1. The Morgan fingerprint density at radius 2 is 1.50 bits per heavy atom. The number of carbonyl (C=O) groups excluding carboxylic acids is 1. The minimum Gasteiger partial charge on any atom is -0.497 e. The van der Waals surface area contributed by atoms with Crippen molar-refractivity contribution in [2.75, 3.05) is 17.7 Å². The van der Waals surface area contributed by atoms with Crippen LogP contribution in [0, 0.1) is 22.7 Å². The number of anilines is 2. The Morgan fingerprint density at radius 1 is 0.889 bits per heavy atom. The average molecular weight is 491 g/mol. The molecule has 1 amide bonds. The molecule has 36 heavy (non-hydrogen) atoms. The molecule has 5 rings (SSSR count). The van der Waals surface area contributed by atoms with Gasteiger partial charge in [-0.3, -0.25) is 9.69 Å². The molecule has 0 fully saturated rings. The summed E-state index contributed by atoms with van der Waals surface area (Å²) in [6.45, 7) is 0. The van der Waals surface area contributed by atoms with Gasteiger partial charge in [-0.2, -0.15) is 10.5 Å². The van der Waals surface area contributed by atoms with Crippen molar-refractivity contribution in [1.29, 1.82) is 10.5 Å². The van der Waals surface area contributed by atoms with Gasteiger partial charge in [-0.25, -0.2) is 0 Å². The number of hydrogen-bond acceptors (Lipinski definition) is 5. The molecule has 1 unspecified atom stereocenters. The number of benzene rings is 4. The first-order chi connectivity index (χ1) is 17.5. The summed E-state index contributed by atoms with van der Waals surface area (Å²) in [7, 11) is 1.58. The fraction of sp³-hybridized carbons (Fsp3) is 0.0690. The number of nitrogens with zero attached hydrogens (tertiary/aromatic N) is 3. The summed E-state index contributed by atoms with van der Waals surface area (Å²) >= 11 is 6.14. The van der Waals surface area contributed by atoms with Gasteiger partial charge in [0.15, 0.2) is 0 Å². The number of hydrogen-bond donors (Lipinski definition) is 1. The minimum absolute atomic E-state index is 0.00112. The van der Waals surface area contributed by atoms with Gasteiger partial charge in [-0.1, -0.05) is 54.1 Å². The van der Waals surface area contributed by atoms with E-state index in [2.05, 4.69) is 12.1 Å². The molecule has 0 aliphatic carbocycles. The van der Waals surface area contributed by atoms with Crippen molar-refractivity contribution in [1.82, 2.24) is 0 Å². The van der Waals surface area contributed by atoms with Crippen molar-refractivity contribution in [3.63, 3.8) is 0 Å². The van der Waals surface area contributed by atoms with Crippen molar-refractivity contribution < 1.29 is 9.53 Å². The van der Waals surface area contributed by atoms with Crippen molar-refractivity contribution in [3.8, 4) is 29.0 Å². The quantitative estimate of drug-likeness (QED) is 0.348. The molecule has 1 aliphatic rings. The third kappa shape index (κ3) is 3.53. The molecule has 6 nitrogen and oxygen atoms in total. The average Bonchev–Trinajstić information content (AvgIpc) is 3.21. The second-order valence-corrected chi connectivity index (χ2v) is 8.68. The van der Waals surface area contributed by atoms with Crippen molar-refractivity contribution in [3.05, 3.63) is 112 Å². The second-order valence-electron chi connectivity index (χ2n) is 8.24. The van der Waals surface area contributed by atoms with E-state index >= 15 is 0 Å². The number of para-hydroxylation sites is 1. The number of nitriles is 2. The Bertz CT molecular complexity index is 1570. The van der Waals surface area contributed by atoms with Crippen LogP contribution in [0.3, 0.4) is 0 Å². The largest absolute Gasteiger partial charge is 0.497 e.